The first kappa shape index (κ1) is 22.8. The number of amides is 1. The summed E-state index contributed by atoms with van der Waals surface area (Å²) in [6.07, 6.45) is 6.91. The quantitative estimate of drug-likeness (QED) is 0.537. The predicted molar refractivity (Wildman–Crippen MR) is 128 cm³/mol. The number of methoxy groups -OCH3 is 1. The number of ether oxygens (including phenoxy) is 1. The van der Waals surface area contributed by atoms with Crippen molar-refractivity contribution < 1.29 is 9.53 Å². The van der Waals surface area contributed by atoms with E-state index in [2.05, 4.69) is 15.6 Å². The van der Waals surface area contributed by atoms with Gasteiger partial charge in [0.1, 0.15) is 5.54 Å². The van der Waals surface area contributed by atoms with Crippen LogP contribution >= 0.6 is 23.2 Å². The minimum absolute atomic E-state index is 0.101. The van der Waals surface area contributed by atoms with E-state index in [1.54, 1.807) is 13.2 Å². The summed E-state index contributed by atoms with van der Waals surface area (Å²) in [6, 6.07) is 13.6. The fourth-order valence-electron chi connectivity index (χ4n) is 4.09. The summed E-state index contributed by atoms with van der Waals surface area (Å²) in [5, 5.41) is 6.30. The molecule has 2 heterocycles. The predicted octanol–water partition coefficient (Wildman–Crippen LogP) is 3.44. The molecule has 1 saturated heterocycles. The molecule has 1 aromatic carbocycles. The molecule has 1 aromatic heterocycles. The molecule has 1 fully saturated rings. The lowest BCUT2D eigenvalue weighted by Crippen LogP contribution is -2.52. The average molecular weight is 473 g/mol. The third kappa shape index (κ3) is 4.28. The highest BCUT2D eigenvalue weighted by Gasteiger charge is 2.51. The molecular formula is C24H26Cl2N4O2. The highest BCUT2D eigenvalue weighted by molar-refractivity contribution is 6.55. The number of nitrogens with zero attached hydrogens (tertiary/aromatic N) is 1. The maximum absolute atomic E-state index is 11.4. The number of rotatable bonds is 7. The van der Waals surface area contributed by atoms with E-state index in [1.165, 1.54) is 0 Å². The fourth-order valence-corrected chi connectivity index (χ4v) is 4.76. The molecule has 2 aliphatic rings. The Labute approximate surface area is 197 Å². The number of pyridine rings is 1. The minimum Gasteiger partial charge on any atom is -0.481 e. The lowest BCUT2D eigenvalue weighted by molar-refractivity contribution is -0.119. The van der Waals surface area contributed by atoms with Crippen molar-refractivity contribution in [1.29, 1.82) is 0 Å². The van der Waals surface area contributed by atoms with Crippen molar-refractivity contribution in [1.82, 2.24) is 15.6 Å². The third-order valence-electron chi connectivity index (χ3n) is 5.91. The van der Waals surface area contributed by atoms with Crippen molar-refractivity contribution in [3.05, 3.63) is 77.5 Å². The zero-order valence-electron chi connectivity index (χ0n) is 17.8. The van der Waals surface area contributed by atoms with Crippen molar-refractivity contribution >= 4 is 34.7 Å². The molecule has 8 heteroatoms. The summed E-state index contributed by atoms with van der Waals surface area (Å²) in [4.78, 5) is 16.0. The number of nitrogens with two attached hydrogens (primary N) is 1. The molecule has 168 valence electrons. The number of hydrogen-bond donors (Lipinski definition) is 3. The molecule has 4 rings (SSSR count). The van der Waals surface area contributed by atoms with E-state index >= 15 is 0 Å². The molecule has 6 nitrogen and oxygen atoms in total. The molecule has 2 aromatic rings. The van der Waals surface area contributed by atoms with Crippen LogP contribution in [0.1, 0.15) is 29.7 Å². The number of halogens is 2. The molecule has 1 aliphatic carbocycles. The van der Waals surface area contributed by atoms with Crippen molar-refractivity contribution in [2.45, 2.75) is 35.3 Å². The van der Waals surface area contributed by atoms with Crippen LogP contribution in [0.3, 0.4) is 0 Å². The summed E-state index contributed by atoms with van der Waals surface area (Å²) in [5.41, 5.74) is 8.50. The number of hydrogen-bond acceptors (Lipinski definition) is 5. The fraction of sp³-hybridized carbons (Fsp3) is 0.333. The van der Waals surface area contributed by atoms with Crippen LogP contribution in [0.4, 0.5) is 0 Å². The van der Waals surface area contributed by atoms with Gasteiger partial charge in [-0.1, -0.05) is 77.8 Å². The lowest BCUT2D eigenvalue weighted by Gasteiger charge is -2.41. The molecule has 0 bridgehead atoms. The van der Waals surface area contributed by atoms with Gasteiger partial charge in [0.05, 0.1) is 12.8 Å². The van der Waals surface area contributed by atoms with Crippen molar-refractivity contribution in [2.75, 3.05) is 13.7 Å². The Morgan fingerprint density at radius 3 is 2.72 bits per heavy atom. The van der Waals surface area contributed by atoms with E-state index < -0.39 is 9.87 Å². The van der Waals surface area contributed by atoms with Gasteiger partial charge in [-0.25, -0.2) is 4.98 Å². The lowest BCUT2D eigenvalue weighted by atomic mass is 9.80. The van der Waals surface area contributed by atoms with Gasteiger partial charge in [-0.3, -0.25) is 4.79 Å². The van der Waals surface area contributed by atoms with Crippen molar-refractivity contribution in [3.63, 3.8) is 0 Å². The first-order valence-electron chi connectivity index (χ1n) is 10.5. The van der Waals surface area contributed by atoms with Gasteiger partial charge in [0, 0.05) is 31.1 Å². The van der Waals surface area contributed by atoms with Gasteiger partial charge in [-0.2, -0.15) is 0 Å². The number of allylic oxidation sites excluding steroid dienone is 2. The van der Waals surface area contributed by atoms with Crippen molar-refractivity contribution in [3.8, 4) is 5.88 Å². The van der Waals surface area contributed by atoms with E-state index in [9.17, 15) is 4.79 Å². The first-order valence-corrected chi connectivity index (χ1v) is 11.3. The van der Waals surface area contributed by atoms with Crippen LogP contribution in [0.5, 0.6) is 5.88 Å². The standard InChI is InChI=1S/C24H26Cl2N4O2/c1-32-22-17(14-28-15-18-10-12-21(31)29-18)9-11-20(30-22)23(27)13-5-8-19(24(23,25)26)16-6-3-2-4-7-16/h2-9,11,13,18,28H,10,12,14-15,27H2,1H3,(H,29,31)/t18-,23?/m0/s1. The largest absolute Gasteiger partial charge is 0.481 e. The second-order valence-corrected chi connectivity index (χ2v) is 9.38. The monoisotopic (exact) mass is 472 g/mol. The first-order chi connectivity index (χ1) is 15.3. The maximum Gasteiger partial charge on any atom is 0.220 e. The minimum atomic E-state index is -1.44. The molecule has 0 saturated carbocycles. The van der Waals surface area contributed by atoms with Gasteiger partial charge in [0.25, 0.3) is 0 Å². The number of alkyl halides is 2. The smallest absolute Gasteiger partial charge is 0.220 e. The second-order valence-electron chi connectivity index (χ2n) is 8.05. The van der Waals surface area contributed by atoms with Gasteiger partial charge in [-0.05, 0) is 23.6 Å². The molecule has 2 atom stereocenters. The van der Waals surface area contributed by atoms with Crippen LogP contribution in [-0.4, -0.2) is 34.9 Å². The summed E-state index contributed by atoms with van der Waals surface area (Å²) in [6.45, 7) is 1.22. The number of carbonyl (C=O) groups excluding carboxylic acids is 1. The van der Waals surface area contributed by atoms with E-state index in [0.29, 0.717) is 36.7 Å². The summed E-state index contributed by atoms with van der Waals surface area (Å²) in [5.74, 6) is 0.548. The SMILES string of the molecule is COc1nc(C2(N)C=CC=C(c3ccccc3)C2(Cl)Cl)ccc1CNC[C@@H]1CCC(=O)N1. The highest BCUT2D eigenvalue weighted by atomic mass is 35.5. The topological polar surface area (TPSA) is 89.3 Å². The van der Waals surface area contributed by atoms with E-state index in [0.717, 1.165) is 17.5 Å². The van der Waals surface area contributed by atoms with Crippen molar-refractivity contribution in [2.24, 2.45) is 5.73 Å². The normalized spacial score (nSPS) is 24.2. The average Bonchev–Trinajstić information content (AvgIpc) is 3.21. The molecule has 32 heavy (non-hydrogen) atoms. The van der Waals surface area contributed by atoms with Crippen LogP contribution in [0.25, 0.3) is 5.57 Å². The van der Waals surface area contributed by atoms with Gasteiger partial charge in [0.15, 0.2) is 4.33 Å². The Hall–Kier alpha value is -2.38. The second kappa shape index (κ2) is 9.24. The Bertz CT molecular complexity index is 1060. The Morgan fingerprint density at radius 2 is 2.03 bits per heavy atom. The molecular weight excluding hydrogens is 447 g/mol. The molecule has 4 N–H and O–H groups in total. The van der Waals surface area contributed by atoms with Crippen LogP contribution < -0.4 is 21.1 Å². The molecule has 0 radical (unpaired) electrons. The molecule has 1 amide bonds. The molecule has 1 unspecified atom stereocenters. The number of nitrogens with one attached hydrogen (secondary N) is 2. The van der Waals surface area contributed by atoms with Crippen LogP contribution in [-0.2, 0) is 16.9 Å². The third-order valence-corrected chi connectivity index (χ3v) is 6.94. The van der Waals surface area contributed by atoms with E-state index in [1.807, 2.05) is 54.6 Å². The van der Waals surface area contributed by atoms with Gasteiger partial charge in [0.2, 0.25) is 11.8 Å². The number of benzene rings is 1. The summed E-state index contributed by atoms with van der Waals surface area (Å²) >= 11 is 13.8. The maximum atomic E-state index is 11.4. The number of carbonyl (C=O) groups is 1. The zero-order chi connectivity index (χ0) is 22.8. The Balaban J connectivity index is 1.55. The van der Waals surface area contributed by atoms with Crippen LogP contribution in [0.15, 0.2) is 60.7 Å². The van der Waals surface area contributed by atoms with E-state index in [4.69, 9.17) is 33.7 Å². The molecule has 0 spiro atoms. The van der Waals surface area contributed by atoms with Gasteiger partial charge in [-0.15, -0.1) is 0 Å². The summed E-state index contributed by atoms with van der Waals surface area (Å²) in [7, 11) is 1.57. The zero-order valence-corrected chi connectivity index (χ0v) is 19.3. The summed E-state index contributed by atoms with van der Waals surface area (Å²) < 4.78 is 4.10. The molecule has 1 aliphatic heterocycles. The van der Waals surface area contributed by atoms with Gasteiger partial charge < -0.3 is 21.1 Å². The van der Waals surface area contributed by atoms with E-state index in [-0.39, 0.29) is 11.9 Å². The highest BCUT2D eigenvalue weighted by Crippen LogP contribution is 2.51. The number of aromatic nitrogens is 1. The van der Waals surface area contributed by atoms with Crippen LogP contribution in [0, 0.1) is 0 Å². The van der Waals surface area contributed by atoms with Gasteiger partial charge >= 0.3 is 0 Å². The van der Waals surface area contributed by atoms with Crippen LogP contribution in [0.2, 0.25) is 0 Å². The Morgan fingerprint density at radius 1 is 1.25 bits per heavy atom. The Kier molecular flexibility index (Phi) is 6.58.